The van der Waals surface area contributed by atoms with Crippen molar-refractivity contribution < 1.29 is 4.79 Å². The first-order chi connectivity index (χ1) is 9.22. The van der Waals surface area contributed by atoms with Crippen molar-refractivity contribution in [1.29, 1.82) is 5.26 Å². The second-order valence-corrected chi connectivity index (χ2v) is 4.57. The fourth-order valence-electron chi connectivity index (χ4n) is 2.03. The quantitative estimate of drug-likeness (QED) is 0.790. The van der Waals surface area contributed by atoms with E-state index in [-0.39, 0.29) is 5.92 Å². The van der Waals surface area contributed by atoms with Crippen LogP contribution in [0.4, 0.5) is 0 Å². The summed E-state index contributed by atoms with van der Waals surface area (Å²) in [7, 11) is 0. The van der Waals surface area contributed by atoms with Gasteiger partial charge in [0.2, 0.25) is 0 Å². The molecule has 1 unspecified atom stereocenters. The maximum atomic E-state index is 11.4. The zero-order valence-electron chi connectivity index (χ0n) is 10.2. The topological polar surface area (TPSA) is 40.9 Å². The normalized spacial score (nSPS) is 11.6. The SMILES string of the molecule is N#CC(Cc1ccccc1C(=O)Cl)c1ccccc1. The number of benzene rings is 2. The van der Waals surface area contributed by atoms with Gasteiger partial charge >= 0.3 is 0 Å². The smallest absolute Gasteiger partial charge is 0.252 e. The molecule has 3 heteroatoms. The lowest BCUT2D eigenvalue weighted by Gasteiger charge is -2.11. The number of rotatable bonds is 4. The first-order valence-electron chi connectivity index (χ1n) is 5.94. The Morgan fingerprint density at radius 3 is 2.37 bits per heavy atom. The molecule has 94 valence electrons. The second kappa shape index (κ2) is 6.17. The van der Waals surface area contributed by atoms with Gasteiger partial charge in [0, 0.05) is 5.56 Å². The van der Waals surface area contributed by atoms with E-state index >= 15 is 0 Å². The molecule has 0 N–H and O–H groups in total. The number of carbonyl (C=O) groups excluding carboxylic acids is 1. The van der Waals surface area contributed by atoms with Crippen LogP contribution in [0.1, 0.15) is 27.4 Å². The van der Waals surface area contributed by atoms with Gasteiger partial charge in [-0.25, -0.2) is 0 Å². The van der Waals surface area contributed by atoms with Crippen molar-refractivity contribution in [2.24, 2.45) is 0 Å². The molecule has 0 aliphatic heterocycles. The van der Waals surface area contributed by atoms with E-state index in [1.807, 2.05) is 42.5 Å². The molecule has 0 radical (unpaired) electrons. The monoisotopic (exact) mass is 269 g/mol. The van der Waals surface area contributed by atoms with E-state index in [0.717, 1.165) is 11.1 Å². The molecule has 0 amide bonds. The third-order valence-electron chi connectivity index (χ3n) is 3.01. The molecule has 2 aromatic rings. The van der Waals surface area contributed by atoms with Gasteiger partial charge in [0.1, 0.15) is 0 Å². The van der Waals surface area contributed by atoms with Gasteiger partial charge < -0.3 is 0 Å². The molecule has 0 aliphatic carbocycles. The van der Waals surface area contributed by atoms with Gasteiger partial charge in [-0.15, -0.1) is 0 Å². The third kappa shape index (κ3) is 3.21. The van der Waals surface area contributed by atoms with Crippen LogP contribution in [0.3, 0.4) is 0 Å². The molecule has 0 bridgehead atoms. The molecule has 0 saturated carbocycles. The molecular weight excluding hydrogens is 258 g/mol. The van der Waals surface area contributed by atoms with Crippen molar-refractivity contribution >= 4 is 16.8 Å². The van der Waals surface area contributed by atoms with Crippen LogP contribution in [-0.4, -0.2) is 5.24 Å². The standard InChI is InChI=1S/C16H12ClNO/c17-16(19)15-9-5-4-8-13(15)10-14(11-18)12-6-2-1-3-7-12/h1-9,14H,10H2. The summed E-state index contributed by atoms with van der Waals surface area (Å²) in [4.78, 5) is 11.4. The lowest BCUT2D eigenvalue weighted by Crippen LogP contribution is -2.04. The number of carbonyl (C=O) groups is 1. The molecule has 1 atom stereocenters. The molecule has 19 heavy (non-hydrogen) atoms. The molecule has 0 heterocycles. The van der Waals surface area contributed by atoms with Crippen LogP contribution in [0.15, 0.2) is 54.6 Å². The molecule has 0 spiro atoms. The van der Waals surface area contributed by atoms with Gasteiger partial charge in [0.05, 0.1) is 12.0 Å². The van der Waals surface area contributed by atoms with Gasteiger partial charge in [-0.05, 0) is 35.2 Å². The Labute approximate surface area is 117 Å². The van der Waals surface area contributed by atoms with Gasteiger partial charge in [-0.2, -0.15) is 5.26 Å². The highest BCUT2D eigenvalue weighted by Crippen LogP contribution is 2.23. The molecule has 0 fully saturated rings. The van der Waals surface area contributed by atoms with Gasteiger partial charge in [0.25, 0.3) is 5.24 Å². The Bertz CT molecular complexity index is 616. The molecule has 2 rings (SSSR count). The Morgan fingerprint density at radius 1 is 1.11 bits per heavy atom. The molecule has 0 saturated heterocycles. The lowest BCUT2D eigenvalue weighted by atomic mass is 9.91. The van der Waals surface area contributed by atoms with Crippen molar-refractivity contribution in [3.05, 3.63) is 71.3 Å². The van der Waals surface area contributed by atoms with Crippen molar-refractivity contribution in [3.8, 4) is 6.07 Å². The fourth-order valence-corrected chi connectivity index (χ4v) is 2.22. The number of halogens is 1. The predicted molar refractivity (Wildman–Crippen MR) is 75.1 cm³/mol. The van der Waals surface area contributed by atoms with Crippen molar-refractivity contribution in [3.63, 3.8) is 0 Å². The summed E-state index contributed by atoms with van der Waals surface area (Å²) in [5, 5.41) is 8.82. The first kappa shape index (κ1) is 13.3. The minimum atomic E-state index is -0.486. The van der Waals surface area contributed by atoms with Crippen LogP contribution < -0.4 is 0 Å². The van der Waals surface area contributed by atoms with Crippen LogP contribution in [-0.2, 0) is 6.42 Å². The summed E-state index contributed by atoms with van der Waals surface area (Å²) in [6, 6.07) is 19.0. The van der Waals surface area contributed by atoms with E-state index in [9.17, 15) is 10.1 Å². The Balaban J connectivity index is 2.30. The minimum absolute atomic E-state index is 0.279. The van der Waals surface area contributed by atoms with Gasteiger partial charge in [0.15, 0.2) is 0 Å². The first-order valence-corrected chi connectivity index (χ1v) is 6.32. The van der Waals surface area contributed by atoms with Crippen LogP contribution in [0.5, 0.6) is 0 Å². The van der Waals surface area contributed by atoms with Gasteiger partial charge in [-0.3, -0.25) is 4.79 Å². The summed E-state index contributed by atoms with van der Waals surface area (Å²) < 4.78 is 0. The number of nitrogens with zero attached hydrogens (tertiary/aromatic N) is 1. The summed E-state index contributed by atoms with van der Waals surface area (Å²) in [5.74, 6) is -0.279. The highest BCUT2D eigenvalue weighted by molar-refractivity contribution is 6.67. The Hall–Kier alpha value is -2.11. The Kier molecular flexibility index (Phi) is 4.33. The van der Waals surface area contributed by atoms with E-state index in [4.69, 9.17) is 11.6 Å². The van der Waals surface area contributed by atoms with Gasteiger partial charge in [-0.1, -0.05) is 48.5 Å². The molecule has 0 aromatic heterocycles. The average Bonchev–Trinajstić information content (AvgIpc) is 2.46. The maximum absolute atomic E-state index is 11.4. The van der Waals surface area contributed by atoms with Crippen LogP contribution in [0, 0.1) is 11.3 Å². The van der Waals surface area contributed by atoms with E-state index in [0.29, 0.717) is 12.0 Å². The Morgan fingerprint density at radius 2 is 1.74 bits per heavy atom. The predicted octanol–water partition coefficient (Wildman–Crippen LogP) is 3.92. The summed E-state index contributed by atoms with van der Waals surface area (Å²) >= 11 is 5.56. The van der Waals surface area contributed by atoms with Crippen LogP contribution in [0.2, 0.25) is 0 Å². The maximum Gasteiger partial charge on any atom is 0.252 e. The number of nitriles is 1. The average molecular weight is 270 g/mol. The number of hydrogen-bond donors (Lipinski definition) is 0. The summed E-state index contributed by atoms with van der Waals surface area (Å²) in [5.41, 5.74) is 2.22. The third-order valence-corrected chi connectivity index (χ3v) is 3.21. The highest BCUT2D eigenvalue weighted by atomic mass is 35.5. The van der Waals surface area contributed by atoms with Crippen molar-refractivity contribution in [1.82, 2.24) is 0 Å². The molecule has 0 aliphatic rings. The second-order valence-electron chi connectivity index (χ2n) is 4.23. The van der Waals surface area contributed by atoms with E-state index < -0.39 is 5.24 Å². The highest BCUT2D eigenvalue weighted by Gasteiger charge is 2.15. The molecule has 2 aromatic carbocycles. The van der Waals surface area contributed by atoms with Crippen LogP contribution in [0.25, 0.3) is 0 Å². The zero-order valence-corrected chi connectivity index (χ0v) is 11.0. The van der Waals surface area contributed by atoms with Crippen LogP contribution >= 0.6 is 11.6 Å². The summed E-state index contributed by atoms with van der Waals surface area (Å²) in [6.07, 6.45) is 0.481. The van der Waals surface area contributed by atoms with Crippen molar-refractivity contribution in [2.45, 2.75) is 12.3 Å². The van der Waals surface area contributed by atoms with E-state index in [1.54, 1.807) is 12.1 Å². The largest absolute Gasteiger partial charge is 0.276 e. The summed E-state index contributed by atoms with van der Waals surface area (Å²) in [6.45, 7) is 0. The lowest BCUT2D eigenvalue weighted by molar-refractivity contribution is 0.108. The van der Waals surface area contributed by atoms with E-state index in [1.165, 1.54) is 0 Å². The van der Waals surface area contributed by atoms with E-state index in [2.05, 4.69) is 6.07 Å². The zero-order chi connectivity index (χ0) is 13.7. The minimum Gasteiger partial charge on any atom is -0.276 e. The van der Waals surface area contributed by atoms with Crippen molar-refractivity contribution in [2.75, 3.05) is 0 Å². The molecule has 2 nitrogen and oxygen atoms in total. The number of hydrogen-bond acceptors (Lipinski definition) is 2. The fraction of sp³-hybridized carbons (Fsp3) is 0.125. The molecular formula is C16H12ClNO.